The fraction of sp³-hybridized carbons (Fsp3) is 0.538. The van der Waals surface area contributed by atoms with Crippen molar-refractivity contribution in [2.24, 2.45) is 0 Å². The largest absolute Gasteiger partial charge is 1.00 e. The van der Waals surface area contributed by atoms with Crippen LogP contribution >= 0.6 is 0 Å². The minimum absolute atomic E-state index is 0. The molecule has 0 amide bonds. The van der Waals surface area contributed by atoms with Crippen molar-refractivity contribution >= 4 is 10.1 Å². The van der Waals surface area contributed by atoms with Gasteiger partial charge in [-0.2, -0.15) is 0 Å². The van der Waals surface area contributed by atoms with Gasteiger partial charge in [0.2, 0.25) is 0 Å². The molecule has 0 aliphatic carbocycles. The van der Waals surface area contributed by atoms with Gasteiger partial charge in [0.05, 0.1) is 16.7 Å². The van der Waals surface area contributed by atoms with Crippen molar-refractivity contribution in [2.75, 3.05) is 12.4 Å². The normalized spacial score (nSPS) is 11.8. The fourth-order valence-electron chi connectivity index (χ4n) is 1.48. The Morgan fingerprint density at radius 1 is 1.16 bits per heavy atom. The van der Waals surface area contributed by atoms with E-state index in [1.165, 1.54) is 5.56 Å². The van der Waals surface area contributed by atoms with Crippen LogP contribution in [0.15, 0.2) is 24.3 Å². The topological polar surface area (TPSA) is 66.4 Å². The predicted octanol–water partition coefficient (Wildman–Crippen LogP) is -0.698. The van der Waals surface area contributed by atoms with Gasteiger partial charge in [0, 0.05) is 5.75 Å². The van der Waals surface area contributed by atoms with Crippen LogP contribution in [0.25, 0.3) is 0 Å². The van der Waals surface area contributed by atoms with Crippen LogP contribution in [0.2, 0.25) is 0 Å². The van der Waals surface area contributed by atoms with Gasteiger partial charge < -0.3 is 9.29 Å². The minimum atomic E-state index is -4.13. The van der Waals surface area contributed by atoms with Crippen molar-refractivity contribution in [3.63, 3.8) is 0 Å². The van der Waals surface area contributed by atoms with E-state index in [1.54, 1.807) is 0 Å². The summed E-state index contributed by atoms with van der Waals surface area (Å²) in [6.45, 7) is 6.61. The molecule has 0 spiro atoms. The first-order valence-electron chi connectivity index (χ1n) is 5.85. The molecule has 1 aromatic carbocycles. The molecule has 0 aromatic heterocycles. The van der Waals surface area contributed by atoms with Gasteiger partial charge in [-0.3, -0.25) is 0 Å². The van der Waals surface area contributed by atoms with Gasteiger partial charge in [-0.05, 0) is 29.5 Å². The van der Waals surface area contributed by atoms with E-state index in [0.29, 0.717) is 5.75 Å². The molecule has 0 N–H and O–H groups in total. The average Bonchev–Trinajstić information content (AvgIpc) is 2.22. The summed E-state index contributed by atoms with van der Waals surface area (Å²) in [4.78, 5) is 0. The van der Waals surface area contributed by atoms with E-state index in [-0.39, 0.29) is 53.8 Å². The molecule has 0 atom stereocenters. The van der Waals surface area contributed by atoms with Gasteiger partial charge in [-0.15, -0.1) is 0 Å². The average molecular weight is 294 g/mol. The Labute approximate surface area is 137 Å². The molecule has 0 heterocycles. The molecule has 0 saturated carbocycles. The second-order valence-corrected chi connectivity index (χ2v) is 6.76. The van der Waals surface area contributed by atoms with Crippen LogP contribution in [0.3, 0.4) is 0 Å². The Morgan fingerprint density at radius 2 is 1.68 bits per heavy atom. The Balaban J connectivity index is 0.00000324. The minimum Gasteiger partial charge on any atom is -0.748 e. The van der Waals surface area contributed by atoms with E-state index in [4.69, 9.17) is 4.74 Å². The second-order valence-electron chi connectivity index (χ2n) is 5.24. The van der Waals surface area contributed by atoms with Gasteiger partial charge in [0.1, 0.15) is 5.75 Å². The first-order chi connectivity index (χ1) is 8.18. The number of hydrogen-bond acceptors (Lipinski definition) is 4. The maximum Gasteiger partial charge on any atom is 1.00 e. The van der Waals surface area contributed by atoms with Crippen molar-refractivity contribution in [2.45, 2.75) is 32.6 Å². The van der Waals surface area contributed by atoms with Crippen LogP contribution in [0.1, 0.15) is 32.8 Å². The summed E-state index contributed by atoms with van der Waals surface area (Å²) in [6, 6.07) is 7.68. The maximum absolute atomic E-state index is 10.4. The molecule has 6 heteroatoms. The molecule has 0 aliphatic rings. The molecular formula is C13H19NaO4S. The van der Waals surface area contributed by atoms with Crippen molar-refractivity contribution in [1.29, 1.82) is 0 Å². The van der Waals surface area contributed by atoms with Gasteiger partial charge in [0.15, 0.2) is 0 Å². The van der Waals surface area contributed by atoms with Crippen LogP contribution in [-0.2, 0) is 15.5 Å². The molecule has 0 bridgehead atoms. The van der Waals surface area contributed by atoms with Crippen molar-refractivity contribution in [1.82, 2.24) is 0 Å². The van der Waals surface area contributed by atoms with Crippen molar-refractivity contribution < 1.29 is 47.3 Å². The van der Waals surface area contributed by atoms with E-state index in [9.17, 15) is 13.0 Å². The van der Waals surface area contributed by atoms with E-state index in [1.807, 2.05) is 24.3 Å². The van der Waals surface area contributed by atoms with Crippen LogP contribution < -0.4 is 34.3 Å². The fourth-order valence-corrected chi connectivity index (χ4v) is 1.95. The monoisotopic (exact) mass is 294 g/mol. The summed E-state index contributed by atoms with van der Waals surface area (Å²) in [5.41, 5.74) is 1.30. The maximum atomic E-state index is 10.4. The summed E-state index contributed by atoms with van der Waals surface area (Å²) in [5, 5.41) is 0. The molecule has 102 valence electrons. The van der Waals surface area contributed by atoms with E-state index >= 15 is 0 Å². The third-order valence-corrected chi connectivity index (χ3v) is 3.32. The smallest absolute Gasteiger partial charge is 0.748 e. The molecule has 0 saturated heterocycles. The summed E-state index contributed by atoms with van der Waals surface area (Å²) < 4.78 is 36.5. The summed E-state index contributed by atoms with van der Waals surface area (Å²) >= 11 is 0. The first-order valence-corrected chi connectivity index (χ1v) is 7.43. The molecule has 1 rings (SSSR count). The third-order valence-electron chi connectivity index (χ3n) is 2.53. The van der Waals surface area contributed by atoms with E-state index in [0.717, 1.165) is 0 Å². The van der Waals surface area contributed by atoms with Crippen molar-refractivity contribution in [3.8, 4) is 5.75 Å². The van der Waals surface area contributed by atoms with E-state index < -0.39 is 10.1 Å². The van der Waals surface area contributed by atoms with Crippen LogP contribution in [0.4, 0.5) is 0 Å². The predicted molar refractivity (Wildman–Crippen MR) is 69.8 cm³/mol. The standard InChI is InChI=1S/C13H20O4S.Na/c1-13(2,3)11-5-7-12(8-6-11)17-9-4-10-18(14,15)16;/h5-8H,4,9-10H2,1-3H3,(H,14,15,16);/q;+1/p-1. The SMILES string of the molecule is CC(C)(C)c1ccc(OCCCS(=O)(=O)[O-])cc1.[Na+]. The van der Waals surface area contributed by atoms with E-state index in [2.05, 4.69) is 20.8 Å². The number of rotatable bonds is 5. The number of hydrogen-bond donors (Lipinski definition) is 0. The molecule has 0 fully saturated rings. The zero-order chi connectivity index (χ0) is 13.8. The molecule has 0 unspecified atom stereocenters. The molecule has 0 radical (unpaired) electrons. The van der Waals surface area contributed by atoms with Crippen LogP contribution in [0.5, 0.6) is 5.75 Å². The zero-order valence-electron chi connectivity index (χ0n) is 12.0. The Hall–Kier alpha value is -0.0700. The molecule has 19 heavy (non-hydrogen) atoms. The number of benzene rings is 1. The first kappa shape index (κ1) is 18.9. The molecular weight excluding hydrogens is 275 g/mol. The van der Waals surface area contributed by atoms with Crippen LogP contribution in [-0.4, -0.2) is 25.3 Å². The summed E-state index contributed by atoms with van der Waals surface area (Å²) in [6.07, 6.45) is 0.215. The number of ether oxygens (including phenoxy) is 1. The second kappa shape index (κ2) is 7.64. The zero-order valence-corrected chi connectivity index (χ0v) is 14.8. The van der Waals surface area contributed by atoms with Crippen molar-refractivity contribution in [3.05, 3.63) is 29.8 Å². The quantitative estimate of drug-likeness (QED) is 0.409. The third kappa shape index (κ3) is 7.95. The molecule has 4 nitrogen and oxygen atoms in total. The molecule has 0 aliphatic heterocycles. The summed E-state index contributed by atoms with van der Waals surface area (Å²) in [7, 11) is -4.13. The van der Waals surface area contributed by atoms with Crippen LogP contribution in [0, 0.1) is 0 Å². The van der Waals surface area contributed by atoms with Gasteiger partial charge in [0.25, 0.3) is 0 Å². The Kier molecular flexibility index (Phi) is 7.62. The van der Waals surface area contributed by atoms with Gasteiger partial charge in [-0.1, -0.05) is 32.9 Å². The summed E-state index contributed by atoms with van der Waals surface area (Å²) in [5.74, 6) is 0.305. The van der Waals surface area contributed by atoms with Gasteiger partial charge >= 0.3 is 29.6 Å². The Bertz CT molecular complexity index is 474. The molecule has 1 aromatic rings. The van der Waals surface area contributed by atoms with Gasteiger partial charge in [-0.25, -0.2) is 8.42 Å². The Morgan fingerprint density at radius 3 is 2.11 bits per heavy atom.